The first kappa shape index (κ1) is 19.6. The van der Waals surface area contributed by atoms with Gasteiger partial charge in [0.15, 0.2) is 8.32 Å². The van der Waals surface area contributed by atoms with Gasteiger partial charge in [-0.05, 0) is 30.0 Å². The zero-order chi connectivity index (χ0) is 16.4. The number of nitrogens with two attached hydrogens (primary N) is 1. The van der Waals surface area contributed by atoms with E-state index in [2.05, 4.69) is 33.9 Å². The predicted molar refractivity (Wildman–Crippen MR) is 86.3 cm³/mol. The lowest BCUT2D eigenvalue weighted by molar-refractivity contribution is -0.146. The number of rotatable bonds is 6. The van der Waals surface area contributed by atoms with Gasteiger partial charge in [0.05, 0.1) is 5.92 Å². The summed E-state index contributed by atoms with van der Waals surface area (Å²) < 4.78 is 6.07. The molecule has 0 aliphatic heterocycles. The molecule has 0 saturated heterocycles. The molecule has 2 atom stereocenters. The molecule has 120 valence electrons. The molecule has 5 heteroatoms. The molecule has 0 rings (SSSR count). The summed E-state index contributed by atoms with van der Waals surface area (Å²) in [5.41, 5.74) is 5.75. The Morgan fingerprint density at radius 3 is 1.95 bits per heavy atom. The van der Waals surface area contributed by atoms with Crippen molar-refractivity contribution in [3.05, 3.63) is 0 Å². The first-order valence-electron chi connectivity index (χ1n) is 7.32. The highest BCUT2D eigenvalue weighted by Gasteiger charge is 2.39. The van der Waals surface area contributed by atoms with E-state index < -0.39 is 20.2 Å². The first-order valence-corrected chi connectivity index (χ1v) is 10.2. The number of hydrogen-bond donors (Lipinski definition) is 2. The fourth-order valence-electron chi connectivity index (χ4n) is 2.03. The van der Waals surface area contributed by atoms with Crippen LogP contribution < -0.4 is 5.73 Å². The minimum absolute atomic E-state index is 0.160. The summed E-state index contributed by atoms with van der Waals surface area (Å²) in [4.78, 5) is 11.4. The fourth-order valence-corrected chi connectivity index (χ4v) is 3.09. The van der Waals surface area contributed by atoms with Gasteiger partial charge in [0, 0.05) is 12.6 Å². The molecule has 0 aromatic heterocycles. The maximum atomic E-state index is 11.4. The Balaban J connectivity index is 4.57. The van der Waals surface area contributed by atoms with E-state index in [9.17, 15) is 9.90 Å². The van der Waals surface area contributed by atoms with Gasteiger partial charge in [0.1, 0.15) is 0 Å². The van der Waals surface area contributed by atoms with Crippen molar-refractivity contribution in [1.82, 2.24) is 0 Å². The van der Waals surface area contributed by atoms with Crippen LogP contribution in [0.25, 0.3) is 0 Å². The van der Waals surface area contributed by atoms with Crippen molar-refractivity contribution in [2.75, 3.05) is 6.61 Å². The molecule has 0 radical (unpaired) electrons. The Labute approximate surface area is 125 Å². The molecule has 0 aliphatic rings. The van der Waals surface area contributed by atoms with E-state index in [1.165, 1.54) is 0 Å². The van der Waals surface area contributed by atoms with Crippen LogP contribution in [0.3, 0.4) is 0 Å². The van der Waals surface area contributed by atoms with Crippen molar-refractivity contribution in [1.29, 1.82) is 0 Å². The maximum absolute atomic E-state index is 11.4. The van der Waals surface area contributed by atoms with Crippen LogP contribution >= 0.6 is 0 Å². The molecule has 4 nitrogen and oxygen atoms in total. The number of aliphatic carboxylic acids is 1. The van der Waals surface area contributed by atoms with Gasteiger partial charge in [-0.3, -0.25) is 4.79 Å². The van der Waals surface area contributed by atoms with E-state index in [0.29, 0.717) is 13.0 Å². The molecule has 0 fully saturated rings. The molecule has 3 N–H and O–H groups in total. The van der Waals surface area contributed by atoms with E-state index in [1.807, 2.05) is 20.8 Å². The zero-order valence-corrected chi connectivity index (χ0v) is 15.4. The molecular formula is C15H33NO3Si. The molecule has 20 heavy (non-hydrogen) atoms. The van der Waals surface area contributed by atoms with Crippen molar-refractivity contribution in [2.45, 2.75) is 72.1 Å². The van der Waals surface area contributed by atoms with Crippen LogP contribution in [-0.2, 0) is 9.22 Å². The van der Waals surface area contributed by atoms with Crippen molar-refractivity contribution < 1.29 is 14.3 Å². The van der Waals surface area contributed by atoms with E-state index in [0.717, 1.165) is 0 Å². The Hall–Kier alpha value is -0.393. The minimum atomic E-state index is -1.78. The fraction of sp³-hybridized carbons (Fsp3) is 0.933. The molecular weight excluding hydrogens is 270 g/mol. The molecule has 0 amide bonds. The van der Waals surface area contributed by atoms with Crippen LogP contribution in [0.2, 0.25) is 18.1 Å². The smallest absolute Gasteiger partial charge is 0.308 e. The van der Waals surface area contributed by atoms with Crippen LogP contribution in [0.5, 0.6) is 0 Å². The largest absolute Gasteiger partial charge is 0.481 e. The standard InChI is InChI=1S/C15H33NO3Si/c1-14(2,3)12(13(17)18)11(16)9-10-19-20(7,8)15(4,5)6/h11-12H,9-10,16H2,1-8H3,(H,17,18)/t11-,12?/m1/s1. The molecule has 0 bridgehead atoms. The van der Waals surface area contributed by atoms with Crippen molar-refractivity contribution in [2.24, 2.45) is 17.1 Å². The van der Waals surface area contributed by atoms with E-state index in [1.54, 1.807) is 0 Å². The Morgan fingerprint density at radius 2 is 1.65 bits per heavy atom. The quantitative estimate of drug-likeness (QED) is 0.737. The third-order valence-electron chi connectivity index (χ3n) is 4.35. The third-order valence-corrected chi connectivity index (χ3v) is 8.89. The van der Waals surface area contributed by atoms with Gasteiger partial charge in [0.25, 0.3) is 0 Å². The molecule has 0 aromatic carbocycles. The van der Waals surface area contributed by atoms with Crippen molar-refractivity contribution >= 4 is 14.3 Å². The van der Waals surface area contributed by atoms with Gasteiger partial charge in [-0.1, -0.05) is 41.5 Å². The number of hydrogen-bond acceptors (Lipinski definition) is 3. The molecule has 1 unspecified atom stereocenters. The predicted octanol–water partition coefficient (Wildman–Crippen LogP) is 3.47. The molecule has 0 saturated carbocycles. The summed E-state index contributed by atoms with van der Waals surface area (Å²) >= 11 is 0. The SMILES string of the molecule is CC(C)(C)C(C(=O)O)[C@H](N)CCO[Si](C)(C)C(C)(C)C. The van der Waals surface area contributed by atoms with Gasteiger partial charge in [-0.2, -0.15) is 0 Å². The highest BCUT2D eigenvalue weighted by atomic mass is 28.4. The van der Waals surface area contributed by atoms with Crippen LogP contribution in [0, 0.1) is 11.3 Å². The summed E-state index contributed by atoms with van der Waals surface area (Å²) in [7, 11) is -1.78. The average molecular weight is 304 g/mol. The summed E-state index contributed by atoms with van der Waals surface area (Å²) in [5.74, 6) is -1.37. The highest BCUT2D eigenvalue weighted by molar-refractivity contribution is 6.74. The van der Waals surface area contributed by atoms with Crippen LogP contribution in [0.1, 0.15) is 48.0 Å². The second-order valence-electron chi connectivity index (χ2n) is 8.24. The third kappa shape index (κ3) is 5.54. The lowest BCUT2D eigenvalue weighted by atomic mass is 9.75. The van der Waals surface area contributed by atoms with Crippen LogP contribution in [0.4, 0.5) is 0 Å². The topological polar surface area (TPSA) is 72.5 Å². The summed E-state index contributed by atoms with van der Waals surface area (Å²) in [6, 6.07) is -0.378. The summed E-state index contributed by atoms with van der Waals surface area (Å²) in [5, 5.41) is 9.52. The van der Waals surface area contributed by atoms with E-state index >= 15 is 0 Å². The zero-order valence-electron chi connectivity index (χ0n) is 14.4. The number of carbonyl (C=O) groups is 1. The average Bonchev–Trinajstić information content (AvgIpc) is 2.11. The Morgan fingerprint density at radius 1 is 1.20 bits per heavy atom. The van der Waals surface area contributed by atoms with Crippen molar-refractivity contribution in [3.8, 4) is 0 Å². The van der Waals surface area contributed by atoms with E-state index in [-0.39, 0.29) is 16.5 Å². The van der Waals surface area contributed by atoms with Gasteiger partial charge in [-0.15, -0.1) is 0 Å². The van der Waals surface area contributed by atoms with Gasteiger partial charge < -0.3 is 15.3 Å². The monoisotopic (exact) mass is 303 g/mol. The summed E-state index contributed by atoms with van der Waals surface area (Å²) in [6.45, 7) is 17.2. The number of carboxylic acids is 1. The van der Waals surface area contributed by atoms with Gasteiger partial charge >= 0.3 is 5.97 Å². The second-order valence-corrected chi connectivity index (χ2v) is 13.1. The van der Waals surface area contributed by atoms with Crippen LogP contribution in [0.15, 0.2) is 0 Å². The van der Waals surface area contributed by atoms with Gasteiger partial charge in [0.2, 0.25) is 0 Å². The Kier molecular flexibility index (Phi) is 6.45. The van der Waals surface area contributed by atoms with Crippen molar-refractivity contribution in [3.63, 3.8) is 0 Å². The maximum Gasteiger partial charge on any atom is 0.308 e. The summed E-state index contributed by atoms with van der Waals surface area (Å²) in [6.07, 6.45) is 0.584. The molecule has 0 aliphatic carbocycles. The molecule has 0 heterocycles. The Bertz CT molecular complexity index is 329. The lowest BCUT2D eigenvalue weighted by Gasteiger charge is -2.37. The highest BCUT2D eigenvalue weighted by Crippen LogP contribution is 2.37. The second kappa shape index (κ2) is 6.58. The van der Waals surface area contributed by atoms with Crippen LogP contribution in [-0.4, -0.2) is 32.0 Å². The lowest BCUT2D eigenvalue weighted by Crippen LogP contribution is -2.46. The normalized spacial score (nSPS) is 16.9. The number of carboxylic acid groups (broad SMARTS) is 1. The molecule has 0 aromatic rings. The minimum Gasteiger partial charge on any atom is -0.481 e. The molecule has 0 spiro atoms. The van der Waals surface area contributed by atoms with Gasteiger partial charge in [-0.25, -0.2) is 0 Å². The first-order chi connectivity index (χ1) is 8.70. The van der Waals surface area contributed by atoms with E-state index in [4.69, 9.17) is 10.2 Å².